The van der Waals surface area contributed by atoms with Crippen molar-refractivity contribution in [3.63, 3.8) is 0 Å². The molecule has 4 aromatic rings. The molecular formula is C41H52O8. The summed E-state index contributed by atoms with van der Waals surface area (Å²) in [6.45, 7) is 13.0. The highest BCUT2D eigenvalue weighted by Gasteiger charge is 2.25. The van der Waals surface area contributed by atoms with Crippen molar-refractivity contribution in [2.45, 2.75) is 70.2 Å². The van der Waals surface area contributed by atoms with Crippen molar-refractivity contribution in [2.24, 2.45) is 0 Å². The predicted molar refractivity (Wildman–Crippen MR) is 192 cm³/mol. The van der Waals surface area contributed by atoms with E-state index in [9.17, 15) is 10.2 Å². The number of aromatic hydroxyl groups is 1. The molecule has 0 saturated carbocycles. The standard InChI is InChI=1S/C21H26O5.C16H18O2.C4H8O/c1-21(2,15-3-7-18(8-4-15)24-12-17(23)11-22)16-5-9-19(10-6-16)25-13-20-14-26-20;1-16(2,12-4-8-14(17)9-5-12)13-6-10-15(18-3)11-7-13;1-2-4-3-5-4/h3-10,17,20,22-23H,11-14H2,1-2H3;4-11,17H,1-3H3;4H,2-3H2,1H3. The summed E-state index contributed by atoms with van der Waals surface area (Å²) in [6, 6.07) is 31.4. The number of epoxide rings is 2. The van der Waals surface area contributed by atoms with Crippen LogP contribution in [0.2, 0.25) is 0 Å². The van der Waals surface area contributed by atoms with Crippen LogP contribution in [0.4, 0.5) is 0 Å². The molecule has 2 heterocycles. The van der Waals surface area contributed by atoms with Crippen molar-refractivity contribution in [1.82, 2.24) is 0 Å². The first-order valence-electron chi connectivity index (χ1n) is 16.9. The van der Waals surface area contributed by atoms with Crippen LogP contribution in [0.25, 0.3) is 0 Å². The van der Waals surface area contributed by atoms with Crippen molar-refractivity contribution in [2.75, 3.05) is 40.1 Å². The van der Waals surface area contributed by atoms with E-state index in [4.69, 9.17) is 28.8 Å². The Morgan fingerprint density at radius 3 is 1.39 bits per heavy atom. The molecule has 3 unspecified atom stereocenters. The number of rotatable bonds is 13. The number of benzene rings is 4. The van der Waals surface area contributed by atoms with Gasteiger partial charge in [-0.15, -0.1) is 0 Å². The Hall–Kier alpha value is -4.08. The van der Waals surface area contributed by atoms with Crippen molar-refractivity contribution in [3.8, 4) is 23.0 Å². The highest BCUT2D eigenvalue weighted by molar-refractivity contribution is 5.43. The fourth-order valence-electron chi connectivity index (χ4n) is 5.06. The Bertz CT molecular complexity index is 1520. The Balaban J connectivity index is 0.000000202. The molecule has 3 atom stereocenters. The van der Waals surface area contributed by atoms with Crippen LogP contribution >= 0.6 is 0 Å². The van der Waals surface area contributed by atoms with Crippen molar-refractivity contribution >= 4 is 0 Å². The summed E-state index contributed by atoms with van der Waals surface area (Å²) in [7, 11) is 1.67. The van der Waals surface area contributed by atoms with Gasteiger partial charge in [0.15, 0.2) is 0 Å². The van der Waals surface area contributed by atoms with E-state index >= 15 is 0 Å². The van der Waals surface area contributed by atoms with Gasteiger partial charge < -0.3 is 39.0 Å². The minimum Gasteiger partial charge on any atom is -0.508 e. The lowest BCUT2D eigenvalue weighted by molar-refractivity contribution is 0.0536. The summed E-state index contributed by atoms with van der Waals surface area (Å²) < 4.78 is 26.3. The molecule has 0 amide bonds. The van der Waals surface area contributed by atoms with E-state index in [0.29, 0.717) is 24.2 Å². The lowest BCUT2D eigenvalue weighted by Crippen LogP contribution is -2.21. The van der Waals surface area contributed by atoms with Crippen molar-refractivity contribution < 1.29 is 39.0 Å². The molecular weight excluding hydrogens is 620 g/mol. The van der Waals surface area contributed by atoms with Gasteiger partial charge in [0, 0.05) is 10.8 Å². The third-order valence-electron chi connectivity index (χ3n) is 8.90. The van der Waals surface area contributed by atoms with Crippen LogP contribution in [0, 0.1) is 0 Å². The number of hydrogen-bond acceptors (Lipinski definition) is 8. The first-order valence-corrected chi connectivity index (χ1v) is 16.9. The highest BCUT2D eigenvalue weighted by atomic mass is 16.6. The first-order chi connectivity index (χ1) is 23.5. The zero-order valence-electron chi connectivity index (χ0n) is 29.6. The van der Waals surface area contributed by atoms with Gasteiger partial charge in [-0.2, -0.15) is 0 Å². The largest absolute Gasteiger partial charge is 0.508 e. The number of ether oxygens (including phenoxy) is 5. The van der Waals surface area contributed by atoms with Gasteiger partial charge in [0.2, 0.25) is 0 Å². The quantitative estimate of drug-likeness (QED) is 0.130. The monoisotopic (exact) mass is 672 g/mol. The molecule has 0 aliphatic carbocycles. The van der Waals surface area contributed by atoms with E-state index in [0.717, 1.165) is 30.3 Å². The maximum atomic E-state index is 9.35. The number of phenolic OH excluding ortho intramolecular Hbond substituents is 1. The molecule has 8 nitrogen and oxygen atoms in total. The summed E-state index contributed by atoms with van der Waals surface area (Å²) in [6.07, 6.45) is 1.22. The van der Waals surface area contributed by atoms with Crippen molar-refractivity contribution in [1.29, 1.82) is 0 Å². The molecule has 0 spiro atoms. The highest BCUT2D eigenvalue weighted by Crippen LogP contribution is 2.34. The molecule has 49 heavy (non-hydrogen) atoms. The maximum absolute atomic E-state index is 9.35. The summed E-state index contributed by atoms with van der Waals surface area (Å²) in [4.78, 5) is 0. The van der Waals surface area contributed by atoms with Gasteiger partial charge in [0.25, 0.3) is 0 Å². The second kappa shape index (κ2) is 17.5. The van der Waals surface area contributed by atoms with E-state index in [2.05, 4.69) is 58.9 Å². The molecule has 0 aromatic heterocycles. The molecule has 8 heteroatoms. The molecule has 264 valence electrons. The van der Waals surface area contributed by atoms with Gasteiger partial charge in [0.1, 0.15) is 48.4 Å². The van der Waals surface area contributed by atoms with Crippen LogP contribution in [0.15, 0.2) is 97.1 Å². The predicted octanol–water partition coefficient (Wildman–Crippen LogP) is 7.04. The number of methoxy groups -OCH3 is 1. The summed E-state index contributed by atoms with van der Waals surface area (Å²) >= 11 is 0. The molecule has 2 fully saturated rings. The van der Waals surface area contributed by atoms with Crippen LogP contribution in [-0.4, -0.2) is 73.8 Å². The van der Waals surface area contributed by atoms with Crippen LogP contribution < -0.4 is 14.2 Å². The van der Waals surface area contributed by atoms with Crippen LogP contribution in [-0.2, 0) is 20.3 Å². The maximum Gasteiger partial charge on any atom is 0.119 e. The van der Waals surface area contributed by atoms with Crippen LogP contribution in [0.1, 0.15) is 63.3 Å². The lowest BCUT2D eigenvalue weighted by atomic mass is 9.78. The van der Waals surface area contributed by atoms with Crippen molar-refractivity contribution in [3.05, 3.63) is 119 Å². The average Bonchev–Trinajstić information content (AvgIpc) is 4.06. The zero-order valence-corrected chi connectivity index (χ0v) is 29.6. The number of hydrogen-bond donors (Lipinski definition) is 3. The molecule has 0 bridgehead atoms. The minimum atomic E-state index is -0.863. The molecule has 0 radical (unpaired) electrons. The second-order valence-electron chi connectivity index (χ2n) is 13.4. The van der Waals surface area contributed by atoms with E-state index in [1.807, 2.05) is 60.7 Å². The molecule has 6 rings (SSSR count). The third kappa shape index (κ3) is 11.5. The first kappa shape index (κ1) is 37.7. The summed E-state index contributed by atoms with van der Waals surface area (Å²) in [5, 5.41) is 27.5. The smallest absolute Gasteiger partial charge is 0.119 e. The Morgan fingerprint density at radius 1 is 0.653 bits per heavy atom. The Morgan fingerprint density at radius 2 is 1.04 bits per heavy atom. The zero-order chi connectivity index (χ0) is 35.4. The average molecular weight is 673 g/mol. The number of aliphatic hydroxyl groups excluding tert-OH is 2. The Labute approximate surface area is 291 Å². The Kier molecular flexibility index (Phi) is 13.5. The normalized spacial score (nSPS) is 17.0. The molecule has 2 aliphatic heterocycles. The molecule has 2 aliphatic rings. The molecule has 2 saturated heterocycles. The third-order valence-corrected chi connectivity index (χ3v) is 8.90. The SMILES string of the molecule is CC(C)(c1ccc(OCC(O)CO)cc1)c1ccc(OCC2CO2)cc1.CCC1CO1.COc1ccc(C(C)(C)c2ccc(O)cc2)cc1. The minimum absolute atomic E-state index is 0.0760. The summed E-state index contributed by atoms with van der Waals surface area (Å²) in [5.41, 5.74) is 4.48. The van der Waals surface area contributed by atoms with E-state index in [-0.39, 0.29) is 30.1 Å². The van der Waals surface area contributed by atoms with E-state index < -0.39 is 6.10 Å². The van der Waals surface area contributed by atoms with Gasteiger partial charge in [0.05, 0.1) is 33.0 Å². The number of phenols is 1. The number of aliphatic hydroxyl groups is 2. The van der Waals surface area contributed by atoms with Gasteiger partial charge in [-0.3, -0.25) is 0 Å². The molecule has 3 N–H and O–H groups in total. The second-order valence-corrected chi connectivity index (χ2v) is 13.4. The van der Waals surface area contributed by atoms with Gasteiger partial charge in [-0.1, -0.05) is 83.1 Å². The van der Waals surface area contributed by atoms with Gasteiger partial charge in [-0.05, 0) is 77.2 Å². The van der Waals surface area contributed by atoms with E-state index in [1.54, 1.807) is 19.2 Å². The molecule has 4 aromatic carbocycles. The van der Waals surface area contributed by atoms with Gasteiger partial charge in [-0.25, -0.2) is 0 Å². The summed E-state index contributed by atoms with van der Waals surface area (Å²) in [5.74, 6) is 2.68. The topological polar surface area (TPSA) is 113 Å². The van der Waals surface area contributed by atoms with Crippen LogP contribution in [0.3, 0.4) is 0 Å². The van der Waals surface area contributed by atoms with E-state index in [1.165, 1.54) is 23.1 Å². The fourth-order valence-corrected chi connectivity index (χ4v) is 5.06. The fraction of sp³-hybridized carbons (Fsp3) is 0.415. The van der Waals surface area contributed by atoms with Crippen LogP contribution in [0.5, 0.6) is 23.0 Å². The lowest BCUT2D eigenvalue weighted by Gasteiger charge is -2.26. The van der Waals surface area contributed by atoms with Gasteiger partial charge >= 0.3 is 0 Å².